The van der Waals surface area contributed by atoms with E-state index in [1.165, 1.54) is 12.8 Å². The van der Waals surface area contributed by atoms with Crippen LogP contribution in [-0.4, -0.2) is 37.6 Å². The summed E-state index contributed by atoms with van der Waals surface area (Å²) in [6.07, 6.45) is 4.09. The molecule has 0 unspecified atom stereocenters. The van der Waals surface area contributed by atoms with Crippen molar-refractivity contribution in [1.29, 1.82) is 0 Å². The van der Waals surface area contributed by atoms with E-state index in [0.29, 0.717) is 18.7 Å². The second-order valence-electron chi connectivity index (χ2n) is 6.11. The summed E-state index contributed by atoms with van der Waals surface area (Å²) in [6, 6.07) is 11.5. The van der Waals surface area contributed by atoms with E-state index in [9.17, 15) is 4.79 Å². The van der Waals surface area contributed by atoms with Crippen molar-refractivity contribution in [2.24, 2.45) is 0 Å². The third-order valence-electron chi connectivity index (χ3n) is 4.44. The number of nitrogens with one attached hydrogen (secondary N) is 1. The van der Waals surface area contributed by atoms with Crippen LogP contribution in [0.2, 0.25) is 0 Å². The molecule has 1 amide bonds. The Kier molecular flexibility index (Phi) is 5.67. The van der Waals surface area contributed by atoms with Gasteiger partial charge in [-0.25, -0.2) is 0 Å². The maximum atomic E-state index is 12.4. The lowest BCUT2D eigenvalue weighted by Crippen LogP contribution is -2.36. The van der Waals surface area contributed by atoms with Gasteiger partial charge in [-0.05, 0) is 55.8 Å². The molecule has 1 aromatic heterocycles. The Bertz CT molecular complexity index is 631. The number of hydrogen-bond donors (Lipinski definition) is 1. The topological polar surface area (TPSA) is 54.7 Å². The molecule has 5 nitrogen and oxygen atoms in total. The molecule has 2 heterocycles. The van der Waals surface area contributed by atoms with Gasteiger partial charge in [0.25, 0.3) is 5.91 Å². The minimum absolute atomic E-state index is 0.0604. The number of carbonyl (C=O) groups is 1. The molecule has 0 spiro atoms. The van der Waals surface area contributed by atoms with Crippen molar-refractivity contribution < 1.29 is 13.9 Å². The summed E-state index contributed by atoms with van der Waals surface area (Å²) in [5, 5.41) is 3.04. The van der Waals surface area contributed by atoms with Crippen LogP contribution in [-0.2, 0) is 11.3 Å². The molecule has 1 N–H and O–H groups in total. The van der Waals surface area contributed by atoms with Crippen LogP contribution < -0.4 is 5.32 Å². The second-order valence-corrected chi connectivity index (χ2v) is 6.11. The standard InChI is InChI=1S/C19H24N2O3/c1-23-14-15-6-8-16(9-7-15)19(22)20-13-17(18-5-4-12-24-18)21-10-2-3-11-21/h4-9,12,17H,2-3,10-11,13-14H2,1H3,(H,20,22)/t17-/m0/s1. The average molecular weight is 328 g/mol. The van der Waals surface area contributed by atoms with E-state index < -0.39 is 0 Å². The van der Waals surface area contributed by atoms with Gasteiger partial charge < -0.3 is 14.5 Å². The summed E-state index contributed by atoms with van der Waals surface area (Å²) in [7, 11) is 1.66. The lowest BCUT2D eigenvalue weighted by molar-refractivity contribution is 0.0933. The number of likely N-dealkylation sites (tertiary alicyclic amines) is 1. The van der Waals surface area contributed by atoms with Crippen molar-refractivity contribution in [2.45, 2.75) is 25.5 Å². The predicted octanol–water partition coefficient (Wildman–Crippen LogP) is 2.99. The van der Waals surface area contributed by atoms with Crippen LogP contribution in [0.4, 0.5) is 0 Å². The number of benzene rings is 1. The predicted molar refractivity (Wildman–Crippen MR) is 91.7 cm³/mol. The Balaban J connectivity index is 1.62. The fourth-order valence-electron chi connectivity index (χ4n) is 3.15. The molecule has 1 aromatic carbocycles. The fourth-order valence-corrected chi connectivity index (χ4v) is 3.15. The Labute approximate surface area is 142 Å². The Morgan fingerprint density at radius 3 is 2.62 bits per heavy atom. The lowest BCUT2D eigenvalue weighted by atomic mass is 10.1. The van der Waals surface area contributed by atoms with Gasteiger partial charge in [0.1, 0.15) is 5.76 Å². The van der Waals surface area contributed by atoms with E-state index in [-0.39, 0.29) is 11.9 Å². The molecule has 0 saturated carbocycles. The van der Waals surface area contributed by atoms with Gasteiger partial charge in [0, 0.05) is 19.2 Å². The van der Waals surface area contributed by atoms with Gasteiger partial charge in [0.05, 0.1) is 18.9 Å². The summed E-state index contributed by atoms with van der Waals surface area (Å²) >= 11 is 0. The van der Waals surface area contributed by atoms with E-state index in [1.54, 1.807) is 13.4 Å². The number of furan rings is 1. The molecule has 24 heavy (non-hydrogen) atoms. The van der Waals surface area contributed by atoms with Gasteiger partial charge in [0.15, 0.2) is 0 Å². The number of rotatable bonds is 7. The number of hydrogen-bond acceptors (Lipinski definition) is 4. The highest BCUT2D eigenvalue weighted by molar-refractivity contribution is 5.94. The first kappa shape index (κ1) is 16.7. The molecule has 0 aliphatic carbocycles. The molecule has 1 aliphatic rings. The molecular formula is C19H24N2O3. The smallest absolute Gasteiger partial charge is 0.251 e. The largest absolute Gasteiger partial charge is 0.468 e. The minimum atomic E-state index is -0.0604. The molecule has 1 fully saturated rings. The third-order valence-corrected chi connectivity index (χ3v) is 4.44. The summed E-state index contributed by atoms with van der Waals surface area (Å²) in [5.74, 6) is 0.849. The van der Waals surface area contributed by atoms with Crippen molar-refractivity contribution in [3.05, 3.63) is 59.5 Å². The maximum Gasteiger partial charge on any atom is 0.251 e. The third kappa shape index (κ3) is 4.04. The SMILES string of the molecule is COCc1ccc(C(=O)NC[C@@H](c2ccco2)N2CCCC2)cc1. The summed E-state index contributed by atoms with van der Waals surface area (Å²) in [5.41, 5.74) is 1.72. The number of ether oxygens (including phenoxy) is 1. The Morgan fingerprint density at radius 1 is 1.25 bits per heavy atom. The number of nitrogens with zero attached hydrogens (tertiary/aromatic N) is 1. The molecule has 2 aromatic rings. The highest BCUT2D eigenvalue weighted by atomic mass is 16.5. The van der Waals surface area contributed by atoms with Crippen LogP contribution in [0.5, 0.6) is 0 Å². The highest BCUT2D eigenvalue weighted by Gasteiger charge is 2.26. The van der Waals surface area contributed by atoms with Crippen LogP contribution >= 0.6 is 0 Å². The second kappa shape index (κ2) is 8.13. The number of methoxy groups -OCH3 is 1. The van der Waals surface area contributed by atoms with Gasteiger partial charge in [-0.1, -0.05) is 12.1 Å². The maximum absolute atomic E-state index is 12.4. The zero-order valence-corrected chi connectivity index (χ0v) is 14.0. The monoisotopic (exact) mass is 328 g/mol. The van der Waals surface area contributed by atoms with Crippen molar-refractivity contribution in [3.63, 3.8) is 0 Å². The van der Waals surface area contributed by atoms with Gasteiger partial charge in [-0.2, -0.15) is 0 Å². The van der Waals surface area contributed by atoms with Gasteiger partial charge in [-0.3, -0.25) is 9.69 Å². The van der Waals surface area contributed by atoms with Crippen molar-refractivity contribution >= 4 is 5.91 Å². The van der Waals surface area contributed by atoms with E-state index in [1.807, 2.05) is 36.4 Å². The number of carbonyl (C=O) groups excluding carboxylic acids is 1. The molecular weight excluding hydrogens is 304 g/mol. The molecule has 0 radical (unpaired) electrons. The minimum Gasteiger partial charge on any atom is -0.468 e. The zero-order valence-electron chi connectivity index (χ0n) is 14.0. The van der Waals surface area contributed by atoms with Gasteiger partial charge in [0.2, 0.25) is 0 Å². The number of amides is 1. The zero-order chi connectivity index (χ0) is 16.8. The van der Waals surface area contributed by atoms with Crippen LogP contribution in [0.3, 0.4) is 0 Å². The van der Waals surface area contributed by atoms with E-state index in [0.717, 1.165) is 24.4 Å². The van der Waals surface area contributed by atoms with Crippen LogP contribution in [0.15, 0.2) is 47.1 Å². The van der Waals surface area contributed by atoms with Crippen molar-refractivity contribution in [3.8, 4) is 0 Å². The quantitative estimate of drug-likeness (QED) is 0.849. The summed E-state index contributed by atoms with van der Waals surface area (Å²) < 4.78 is 10.7. The molecule has 1 aliphatic heterocycles. The van der Waals surface area contributed by atoms with Crippen LogP contribution in [0, 0.1) is 0 Å². The first-order chi connectivity index (χ1) is 11.8. The van der Waals surface area contributed by atoms with E-state index in [4.69, 9.17) is 9.15 Å². The summed E-state index contributed by atoms with van der Waals surface area (Å²) in [4.78, 5) is 14.8. The van der Waals surface area contributed by atoms with Crippen molar-refractivity contribution in [1.82, 2.24) is 10.2 Å². The highest BCUT2D eigenvalue weighted by Crippen LogP contribution is 2.25. The van der Waals surface area contributed by atoms with E-state index >= 15 is 0 Å². The van der Waals surface area contributed by atoms with Crippen LogP contribution in [0.25, 0.3) is 0 Å². The first-order valence-corrected chi connectivity index (χ1v) is 8.41. The first-order valence-electron chi connectivity index (χ1n) is 8.41. The Hall–Kier alpha value is -2.11. The average Bonchev–Trinajstić information content (AvgIpc) is 3.30. The Morgan fingerprint density at radius 2 is 2.00 bits per heavy atom. The lowest BCUT2D eigenvalue weighted by Gasteiger charge is -2.26. The molecule has 1 saturated heterocycles. The molecule has 128 valence electrons. The van der Waals surface area contributed by atoms with Gasteiger partial charge >= 0.3 is 0 Å². The molecule has 0 bridgehead atoms. The fraction of sp³-hybridized carbons (Fsp3) is 0.421. The summed E-state index contributed by atoms with van der Waals surface area (Å²) in [6.45, 7) is 3.20. The molecule has 1 atom stereocenters. The van der Waals surface area contributed by atoms with Crippen molar-refractivity contribution in [2.75, 3.05) is 26.7 Å². The van der Waals surface area contributed by atoms with E-state index in [2.05, 4.69) is 10.2 Å². The van der Waals surface area contributed by atoms with Gasteiger partial charge in [-0.15, -0.1) is 0 Å². The normalized spacial score (nSPS) is 16.2. The molecule has 3 rings (SSSR count). The van der Waals surface area contributed by atoms with Crippen LogP contribution in [0.1, 0.15) is 40.6 Å². The molecule has 5 heteroatoms.